The summed E-state index contributed by atoms with van der Waals surface area (Å²) in [5.41, 5.74) is -1.45. The molecule has 3 aliphatic rings. The summed E-state index contributed by atoms with van der Waals surface area (Å²) in [6.07, 6.45) is 3.85. The van der Waals surface area contributed by atoms with E-state index in [9.17, 15) is 15.0 Å². The first kappa shape index (κ1) is 12.6. The zero-order chi connectivity index (χ0) is 14.0. The number of rotatable bonds is 0. The van der Waals surface area contributed by atoms with Gasteiger partial charge < -0.3 is 14.9 Å². The fourth-order valence-electron chi connectivity index (χ4n) is 3.67. The third-order valence-corrected chi connectivity index (χ3v) is 4.78. The average molecular weight is 262 g/mol. The smallest absolute Gasteiger partial charge is 0.334 e. The predicted octanol–water partition coefficient (Wildman–Crippen LogP) is 1.10. The van der Waals surface area contributed by atoms with Crippen LogP contribution in [0.5, 0.6) is 0 Å². The molecular formula is C15H18O4. The minimum absolute atomic E-state index is 0.158. The highest BCUT2D eigenvalue weighted by Crippen LogP contribution is 2.52. The molecule has 0 radical (unpaired) electrons. The van der Waals surface area contributed by atoms with E-state index in [-0.39, 0.29) is 5.92 Å². The lowest BCUT2D eigenvalue weighted by atomic mass is 9.74. The van der Waals surface area contributed by atoms with Gasteiger partial charge in [0.15, 0.2) is 0 Å². The third-order valence-electron chi connectivity index (χ3n) is 4.78. The van der Waals surface area contributed by atoms with E-state index in [1.807, 2.05) is 0 Å². The minimum Gasteiger partial charge on any atom is -0.458 e. The Morgan fingerprint density at radius 3 is 2.74 bits per heavy atom. The first-order valence-corrected chi connectivity index (χ1v) is 6.50. The van der Waals surface area contributed by atoms with Crippen molar-refractivity contribution in [2.24, 2.45) is 11.8 Å². The van der Waals surface area contributed by atoms with E-state index in [0.717, 1.165) is 0 Å². The van der Waals surface area contributed by atoms with Crippen LogP contribution in [-0.2, 0) is 9.53 Å². The Bertz CT molecular complexity index is 516. The second-order valence-corrected chi connectivity index (χ2v) is 6.01. The molecule has 1 heterocycles. The van der Waals surface area contributed by atoms with Crippen molar-refractivity contribution in [2.75, 3.05) is 0 Å². The first-order valence-electron chi connectivity index (χ1n) is 6.50. The average Bonchev–Trinajstić information content (AvgIpc) is 2.69. The molecule has 3 rings (SSSR count). The van der Waals surface area contributed by atoms with Gasteiger partial charge in [-0.3, -0.25) is 0 Å². The number of carbonyl (C=O) groups excluding carboxylic acids is 1. The van der Waals surface area contributed by atoms with Crippen LogP contribution in [-0.4, -0.2) is 33.5 Å². The predicted molar refractivity (Wildman–Crippen MR) is 69.1 cm³/mol. The fourth-order valence-corrected chi connectivity index (χ4v) is 3.67. The summed E-state index contributed by atoms with van der Waals surface area (Å²) in [5, 5.41) is 21.4. The number of ether oxygens (including phenoxy) is 1. The highest BCUT2D eigenvalue weighted by Gasteiger charge is 2.61. The zero-order valence-electron chi connectivity index (χ0n) is 10.9. The molecule has 0 bridgehead atoms. The molecule has 0 aromatic rings. The molecule has 0 aromatic carbocycles. The van der Waals surface area contributed by atoms with E-state index in [1.165, 1.54) is 0 Å². The molecule has 1 aliphatic heterocycles. The molecule has 5 unspecified atom stereocenters. The fraction of sp³-hybridized carbons (Fsp3) is 0.533. The van der Waals surface area contributed by atoms with Gasteiger partial charge in [-0.05, 0) is 31.4 Å². The molecular weight excluding hydrogens is 244 g/mol. The largest absolute Gasteiger partial charge is 0.458 e. The van der Waals surface area contributed by atoms with Crippen molar-refractivity contribution in [3.8, 4) is 0 Å². The third kappa shape index (κ3) is 1.50. The Labute approximate surface area is 112 Å². The maximum absolute atomic E-state index is 11.7. The van der Waals surface area contributed by atoms with Crippen LogP contribution in [0.1, 0.15) is 19.8 Å². The summed E-state index contributed by atoms with van der Waals surface area (Å²) in [6, 6.07) is 0. The summed E-state index contributed by atoms with van der Waals surface area (Å²) in [7, 11) is 0. The molecule has 2 aliphatic carbocycles. The lowest BCUT2D eigenvalue weighted by Gasteiger charge is -2.39. The molecule has 1 saturated carbocycles. The van der Waals surface area contributed by atoms with E-state index in [2.05, 4.69) is 13.2 Å². The lowest BCUT2D eigenvalue weighted by molar-refractivity contribution is -0.151. The molecule has 102 valence electrons. The second-order valence-electron chi connectivity index (χ2n) is 6.01. The molecule has 0 aromatic heterocycles. The molecule has 4 nitrogen and oxygen atoms in total. The Morgan fingerprint density at radius 1 is 1.37 bits per heavy atom. The number of fused-ring (bicyclic) bond motifs is 3. The second kappa shape index (κ2) is 3.58. The van der Waals surface area contributed by atoms with Gasteiger partial charge in [-0.2, -0.15) is 0 Å². The monoisotopic (exact) mass is 262 g/mol. The van der Waals surface area contributed by atoms with Crippen LogP contribution >= 0.6 is 0 Å². The van der Waals surface area contributed by atoms with Crippen molar-refractivity contribution < 1.29 is 19.7 Å². The minimum atomic E-state index is -1.31. The summed E-state index contributed by atoms with van der Waals surface area (Å²) in [6.45, 7) is 9.35. The van der Waals surface area contributed by atoms with Gasteiger partial charge >= 0.3 is 5.97 Å². The first-order chi connectivity index (χ1) is 8.77. The van der Waals surface area contributed by atoms with Gasteiger partial charge in [-0.1, -0.05) is 19.2 Å². The molecule has 4 heteroatoms. The van der Waals surface area contributed by atoms with Crippen molar-refractivity contribution in [2.45, 2.75) is 37.1 Å². The molecule has 19 heavy (non-hydrogen) atoms. The maximum atomic E-state index is 11.7. The van der Waals surface area contributed by atoms with Gasteiger partial charge in [-0.25, -0.2) is 4.79 Å². The van der Waals surface area contributed by atoms with Gasteiger partial charge in [0.1, 0.15) is 11.7 Å². The van der Waals surface area contributed by atoms with E-state index in [0.29, 0.717) is 24.0 Å². The maximum Gasteiger partial charge on any atom is 0.334 e. The summed E-state index contributed by atoms with van der Waals surface area (Å²) >= 11 is 0. The van der Waals surface area contributed by atoms with E-state index >= 15 is 0 Å². The van der Waals surface area contributed by atoms with Crippen molar-refractivity contribution in [3.63, 3.8) is 0 Å². The van der Waals surface area contributed by atoms with Gasteiger partial charge in [0, 0.05) is 11.5 Å². The standard InChI is InChI=1S/C15H18O4/c1-8-4-5-10-9(2)13(16)19-11(10)12-14(3,17)6-7-15(8,12)18/h6-7,10-12,17-18H,1-2,4-5H2,3H3. The van der Waals surface area contributed by atoms with Crippen LogP contribution in [0, 0.1) is 11.8 Å². The van der Waals surface area contributed by atoms with Crippen LogP contribution in [0.15, 0.2) is 36.5 Å². The molecule has 2 N–H and O–H groups in total. The highest BCUT2D eigenvalue weighted by molar-refractivity contribution is 5.91. The van der Waals surface area contributed by atoms with Gasteiger partial charge in [0.25, 0.3) is 0 Å². The number of aliphatic hydroxyl groups is 2. The van der Waals surface area contributed by atoms with Gasteiger partial charge in [0.2, 0.25) is 0 Å². The number of esters is 1. The van der Waals surface area contributed by atoms with Gasteiger partial charge in [-0.15, -0.1) is 0 Å². The van der Waals surface area contributed by atoms with Crippen LogP contribution in [0.3, 0.4) is 0 Å². The number of hydrogen-bond donors (Lipinski definition) is 2. The van der Waals surface area contributed by atoms with Crippen LogP contribution < -0.4 is 0 Å². The van der Waals surface area contributed by atoms with Crippen LogP contribution in [0.2, 0.25) is 0 Å². The lowest BCUT2D eigenvalue weighted by Crippen LogP contribution is -2.51. The number of hydrogen-bond acceptors (Lipinski definition) is 4. The Kier molecular flexibility index (Phi) is 2.38. The van der Waals surface area contributed by atoms with Crippen molar-refractivity contribution in [1.82, 2.24) is 0 Å². The Morgan fingerprint density at radius 2 is 2.05 bits per heavy atom. The van der Waals surface area contributed by atoms with Crippen molar-refractivity contribution in [1.29, 1.82) is 0 Å². The molecule has 0 spiro atoms. The van der Waals surface area contributed by atoms with Crippen molar-refractivity contribution >= 4 is 5.97 Å². The molecule has 2 fully saturated rings. The highest BCUT2D eigenvalue weighted by atomic mass is 16.6. The summed E-state index contributed by atoms with van der Waals surface area (Å²) in [5.74, 6) is -1.20. The zero-order valence-corrected chi connectivity index (χ0v) is 10.9. The van der Waals surface area contributed by atoms with Crippen molar-refractivity contribution in [3.05, 3.63) is 36.5 Å². The number of carbonyl (C=O) groups is 1. The van der Waals surface area contributed by atoms with Crippen LogP contribution in [0.4, 0.5) is 0 Å². The topological polar surface area (TPSA) is 66.8 Å². The normalized spacial score (nSPS) is 48.8. The summed E-state index contributed by atoms with van der Waals surface area (Å²) in [4.78, 5) is 11.7. The quantitative estimate of drug-likeness (QED) is 0.390. The molecule has 5 atom stereocenters. The Balaban J connectivity index is 2.11. The van der Waals surface area contributed by atoms with E-state index < -0.39 is 29.2 Å². The SMILES string of the molecule is C=C1C(=O)OC2C1CCC(=C)C1(O)C=CC(C)(O)C21. The Hall–Kier alpha value is -1.39. The van der Waals surface area contributed by atoms with Crippen LogP contribution in [0.25, 0.3) is 0 Å². The molecule has 0 amide bonds. The van der Waals surface area contributed by atoms with Gasteiger partial charge in [0.05, 0.1) is 11.5 Å². The molecule has 1 saturated heterocycles. The summed E-state index contributed by atoms with van der Waals surface area (Å²) < 4.78 is 5.38. The van der Waals surface area contributed by atoms with E-state index in [1.54, 1.807) is 19.1 Å². The van der Waals surface area contributed by atoms with E-state index in [4.69, 9.17) is 4.74 Å².